The van der Waals surface area contributed by atoms with E-state index >= 15 is 0 Å². The topological polar surface area (TPSA) is 109 Å². The molecule has 12 heteroatoms. The molecule has 1 aromatic carbocycles. The number of nitrogens with zero attached hydrogens (tertiary/aromatic N) is 2. The molecular weight excluding hydrogens is 463 g/mol. The lowest BCUT2D eigenvalue weighted by atomic mass is 9.80. The van der Waals surface area contributed by atoms with Gasteiger partial charge in [0.2, 0.25) is 10.0 Å². The number of aliphatic carboxylic acids is 1. The Hall–Kier alpha value is -2.70. The molecule has 8 nitrogen and oxygen atoms in total. The Kier molecular flexibility index (Phi) is 7.60. The summed E-state index contributed by atoms with van der Waals surface area (Å²) in [6.07, 6.45) is -1.40. The highest BCUT2D eigenvalue weighted by Gasteiger charge is 2.56. The van der Waals surface area contributed by atoms with Crippen LogP contribution in [-0.4, -0.2) is 66.8 Å². The number of benzene rings is 1. The predicted octanol–water partition coefficient (Wildman–Crippen LogP) is 3.00. The molecule has 0 aliphatic carbocycles. The van der Waals surface area contributed by atoms with Crippen molar-refractivity contribution < 1.29 is 36.2 Å². The van der Waals surface area contributed by atoms with Crippen molar-refractivity contribution in [3.63, 3.8) is 0 Å². The van der Waals surface area contributed by atoms with Gasteiger partial charge in [0, 0.05) is 32.4 Å². The summed E-state index contributed by atoms with van der Waals surface area (Å²) < 4.78 is 64.7. The van der Waals surface area contributed by atoms with E-state index in [2.05, 4.69) is 10.3 Å². The lowest BCUT2D eigenvalue weighted by Gasteiger charge is -2.49. The van der Waals surface area contributed by atoms with Crippen LogP contribution in [0.4, 0.5) is 19.0 Å². The monoisotopic (exact) mass is 487 g/mol. The van der Waals surface area contributed by atoms with Gasteiger partial charge in [-0.15, -0.1) is 0 Å². The summed E-state index contributed by atoms with van der Waals surface area (Å²) in [5.41, 5.74) is -0.326. The summed E-state index contributed by atoms with van der Waals surface area (Å²) in [5.74, 6) is -1.53. The molecule has 1 spiro atoms. The summed E-state index contributed by atoms with van der Waals surface area (Å²) in [6.45, 7) is 2.39. The van der Waals surface area contributed by atoms with Gasteiger partial charge in [0.1, 0.15) is 5.82 Å². The highest BCUT2D eigenvalue weighted by atomic mass is 32.2. The lowest BCUT2D eigenvalue weighted by molar-refractivity contribution is -0.192. The summed E-state index contributed by atoms with van der Waals surface area (Å²) in [5, 5.41) is 10.5. The maximum atomic E-state index is 12.7. The fourth-order valence-electron chi connectivity index (χ4n) is 3.85. The van der Waals surface area contributed by atoms with Crippen LogP contribution in [0.3, 0.4) is 0 Å². The van der Waals surface area contributed by atoms with E-state index in [1.165, 1.54) is 4.31 Å². The molecule has 2 aromatic rings. The van der Waals surface area contributed by atoms with Crippen LogP contribution in [0, 0.1) is 5.92 Å². The van der Waals surface area contributed by atoms with Crippen LogP contribution in [0.5, 0.6) is 0 Å². The van der Waals surface area contributed by atoms with Crippen molar-refractivity contribution >= 4 is 21.8 Å². The fraction of sp³-hybridized carbons (Fsp3) is 0.429. The Bertz CT molecular complexity index is 1030. The van der Waals surface area contributed by atoms with E-state index in [-0.39, 0.29) is 5.60 Å². The van der Waals surface area contributed by atoms with Gasteiger partial charge in [-0.2, -0.15) is 17.5 Å². The van der Waals surface area contributed by atoms with E-state index < -0.39 is 22.2 Å². The van der Waals surface area contributed by atoms with Crippen molar-refractivity contribution in [1.82, 2.24) is 9.29 Å². The standard InChI is InChI=1S/C19H23N3O3S.C2HF3O2/c23-26(24,17-6-2-1-3-7-17)22-14-19(15-22)16(10-13-25-19)9-12-21-18-8-4-5-11-20-18;3-2(4,5)1(6)7/h1-8,11,16H,9-10,12-15H2,(H,20,21);(H,6,7). The minimum absolute atomic E-state index is 0.326. The summed E-state index contributed by atoms with van der Waals surface area (Å²) >= 11 is 0. The number of halogens is 3. The van der Waals surface area contributed by atoms with Crippen molar-refractivity contribution in [2.24, 2.45) is 5.92 Å². The molecule has 2 N–H and O–H groups in total. The predicted molar refractivity (Wildman–Crippen MR) is 113 cm³/mol. The second kappa shape index (κ2) is 10.1. The molecule has 0 amide bonds. The van der Waals surface area contributed by atoms with Crippen molar-refractivity contribution in [1.29, 1.82) is 0 Å². The molecule has 0 bridgehead atoms. The minimum atomic E-state index is -5.08. The molecule has 2 aliphatic rings. The maximum Gasteiger partial charge on any atom is 0.490 e. The largest absolute Gasteiger partial charge is 0.490 e. The molecule has 180 valence electrons. The first kappa shape index (κ1) is 24.9. The van der Waals surface area contributed by atoms with Gasteiger partial charge in [-0.1, -0.05) is 24.3 Å². The van der Waals surface area contributed by atoms with Gasteiger partial charge in [-0.25, -0.2) is 18.2 Å². The van der Waals surface area contributed by atoms with E-state index in [4.69, 9.17) is 14.6 Å². The van der Waals surface area contributed by atoms with Crippen molar-refractivity contribution in [3.8, 4) is 0 Å². The fourth-order valence-corrected chi connectivity index (χ4v) is 5.42. The van der Waals surface area contributed by atoms with Crippen molar-refractivity contribution in [2.75, 3.05) is 31.6 Å². The number of carboxylic acid groups (broad SMARTS) is 1. The summed E-state index contributed by atoms with van der Waals surface area (Å²) in [4.78, 5) is 13.5. The Morgan fingerprint density at radius 1 is 1.18 bits per heavy atom. The summed E-state index contributed by atoms with van der Waals surface area (Å²) in [6, 6.07) is 14.4. The lowest BCUT2D eigenvalue weighted by Crippen LogP contribution is -2.66. The van der Waals surface area contributed by atoms with Gasteiger partial charge >= 0.3 is 12.1 Å². The molecule has 2 fully saturated rings. The number of pyridine rings is 1. The smallest absolute Gasteiger partial charge is 0.475 e. The number of carbonyl (C=O) groups is 1. The van der Waals surface area contributed by atoms with Crippen LogP contribution >= 0.6 is 0 Å². The number of ether oxygens (including phenoxy) is 1. The quantitative estimate of drug-likeness (QED) is 0.645. The molecule has 1 atom stereocenters. The van der Waals surface area contributed by atoms with Crippen molar-refractivity contribution in [3.05, 3.63) is 54.7 Å². The minimum Gasteiger partial charge on any atom is -0.475 e. The summed E-state index contributed by atoms with van der Waals surface area (Å²) in [7, 11) is -3.42. The van der Waals surface area contributed by atoms with Gasteiger partial charge < -0.3 is 15.2 Å². The van der Waals surface area contributed by atoms with Crippen LogP contribution in [0.25, 0.3) is 0 Å². The molecule has 3 heterocycles. The zero-order chi connectivity index (χ0) is 24.1. The third kappa shape index (κ3) is 6.01. The molecule has 2 aliphatic heterocycles. The molecule has 2 saturated heterocycles. The number of rotatable bonds is 6. The number of anilines is 1. The number of nitrogens with one attached hydrogen (secondary N) is 1. The highest BCUT2D eigenvalue weighted by molar-refractivity contribution is 7.89. The van der Waals surface area contributed by atoms with Crippen molar-refractivity contribution in [2.45, 2.75) is 29.5 Å². The Morgan fingerprint density at radius 3 is 2.39 bits per heavy atom. The molecule has 0 radical (unpaired) electrons. The van der Waals surface area contributed by atoms with Gasteiger partial charge in [-0.05, 0) is 43.0 Å². The average molecular weight is 488 g/mol. The number of hydrogen-bond acceptors (Lipinski definition) is 6. The Labute approximate surface area is 189 Å². The van der Waals surface area contributed by atoms with E-state index in [1.807, 2.05) is 24.3 Å². The number of alkyl halides is 3. The van der Waals surface area contributed by atoms with Crippen LogP contribution in [0.2, 0.25) is 0 Å². The average Bonchev–Trinajstić information content (AvgIpc) is 3.18. The first-order valence-electron chi connectivity index (χ1n) is 10.2. The number of hydrogen-bond donors (Lipinski definition) is 2. The Balaban J connectivity index is 0.000000383. The van der Waals surface area contributed by atoms with E-state index in [0.717, 1.165) is 25.2 Å². The second-order valence-electron chi connectivity index (χ2n) is 7.72. The highest BCUT2D eigenvalue weighted by Crippen LogP contribution is 2.43. The first-order valence-corrected chi connectivity index (χ1v) is 11.6. The SMILES string of the molecule is O=C(O)C(F)(F)F.O=S(=O)(c1ccccc1)N1CC2(C1)OCCC2CCNc1ccccn1. The van der Waals surface area contributed by atoms with Crippen LogP contribution < -0.4 is 5.32 Å². The van der Waals surface area contributed by atoms with Gasteiger partial charge in [0.15, 0.2) is 0 Å². The third-order valence-corrected chi connectivity index (χ3v) is 7.38. The number of carboxylic acids is 1. The van der Waals surface area contributed by atoms with E-state index in [0.29, 0.717) is 30.5 Å². The molecule has 1 unspecified atom stereocenters. The molecular formula is C21H24F3N3O5S. The number of sulfonamides is 1. The zero-order valence-corrected chi connectivity index (χ0v) is 18.3. The maximum absolute atomic E-state index is 12.7. The van der Waals surface area contributed by atoms with Gasteiger partial charge in [-0.3, -0.25) is 0 Å². The molecule has 0 saturated carbocycles. The van der Waals surface area contributed by atoms with Crippen LogP contribution in [0.1, 0.15) is 12.8 Å². The zero-order valence-electron chi connectivity index (χ0n) is 17.5. The van der Waals surface area contributed by atoms with E-state index in [9.17, 15) is 21.6 Å². The molecule has 1 aromatic heterocycles. The first-order chi connectivity index (χ1) is 15.5. The third-order valence-electron chi connectivity index (χ3n) is 5.58. The van der Waals surface area contributed by atoms with Gasteiger partial charge in [0.05, 0.1) is 10.5 Å². The van der Waals surface area contributed by atoms with Crippen LogP contribution in [0.15, 0.2) is 59.6 Å². The number of aromatic nitrogens is 1. The molecule has 33 heavy (non-hydrogen) atoms. The Morgan fingerprint density at radius 2 is 1.82 bits per heavy atom. The van der Waals surface area contributed by atoms with Crippen LogP contribution in [-0.2, 0) is 19.6 Å². The van der Waals surface area contributed by atoms with Gasteiger partial charge in [0.25, 0.3) is 0 Å². The molecule has 4 rings (SSSR count). The normalized spacial score (nSPS) is 19.9. The van der Waals surface area contributed by atoms with E-state index in [1.54, 1.807) is 30.5 Å². The second-order valence-corrected chi connectivity index (χ2v) is 9.66.